The Balaban J connectivity index is 1.62. The zero-order chi connectivity index (χ0) is 23.3. The Morgan fingerprint density at radius 2 is 1.62 bits per heavy atom. The van der Waals surface area contributed by atoms with Crippen molar-refractivity contribution in [1.29, 1.82) is 0 Å². The Kier molecular flexibility index (Phi) is 7.74. The van der Waals surface area contributed by atoms with Crippen LogP contribution < -0.4 is 15.5 Å². The number of nitrogens with zero attached hydrogens (tertiary/aromatic N) is 2. The molecule has 9 heteroatoms. The lowest BCUT2D eigenvalue weighted by atomic mass is 10.0. The second kappa shape index (κ2) is 10.5. The Hall–Kier alpha value is -3.07. The van der Waals surface area contributed by atoms with E-state index in [1.54, 1.807) is 13.0 Å². The van der Waals surface area contributed by atoms with Crippen molar-refractivity contribution in [3.05, 3.63) is 65.0 Å². The minimum absolute atomic E-state index is 0.220. The number of likely N-dealkylation sites (N-methyl/N-ethyl adjacent to an activating group) is 1. The molecule has 3 rings (SSSR count). The van der Waals surface area contributed by atoms with Crippen molar-refractivity contribution in [1.82, 2.24) is 15.5 Å². The molecule has 1 fully saturated rings. The average molecular weight is 448 g/mol. The molecule has 0 radical (unpaired) electrons. The van der Waals surface area contributed by atoms with Crippen LogP contribution in [0.1, 0.15) is 35.8 Å². The average Bonchev–Trinajstić information content (AvgIpc) is 2.76. The minimum Gasteiger partial charge on any atom is -0.369 e. The third-order valence-corrected chi connectivity index (χ3v) is 5.53. The number of nitrogens with one attached hydrogen (secondary N) is 2. The van der Waals surface area contributed by atoms with E-state index in [0.717, 1.165) is 50.5 Å². The molecular formula is C23H27F3N4O2. The lowest BCUT2D eigenvalue weighted by molar-refractivity contribution is -0.120. The Morgan fingerprint density at radius 1 is 0.969 bits per heavy atom. The molecule has 0 aromatic heterocycles. The van der Waals surface area contributed by atoms with Crippen LogP contribution in [-0.4, -0.2) is 56.0 Å². The fourth-order valence-corrected chi connectivity index (χ4v) is 3.78. The molecule has 1 unspecified atom stereocenters. The minimum atomic E-state index is -0.883. The van der Waals surface area contributed by atoms with E-state index in [-0.39, 0.29) is 12.1 Å². The summed E-state index contributed by atoms with van der Waals surface area (Å²) in [6.07, 6.45) is 0. The lowest BCUT2D eigenvalue weighted by Gasteiger charge is -2.37. The molecule has 2 N–H and O–H groups in total. The van der Waals surface area contributed by atoms with Gasteiger partial charge in [0.05, 0.1) is 12.6 Å². The summed E-state index contributed by atoms with van der Waals surface area (Å²) in [5, 5.41) is 5.08. The Morgan fingerprint density at radius 3 is 2.25 bits per heavy atom. The smallest absolute Gasteiger partial charge is 0.251 e. The molecular weight excluding hydrogens is 421 g/mol. The van der Waals surface area contributed by atoms with Crippen molar-refractivity contribution in [3.8, 4) is 0 Å². The van der Waals surface area contributed by atoms with E-state index >= 15 is 0 Å². The van der Waals surface area contributed by atoms with E-state index in [2.05, 4.69) is 27.4 Å². The van der Waals surface area contributed by atoms with Gasteiger partial charge in [-0.25, -0.2) is 13.2 Å². The van der Waals surface area contributed by atoms with Gasteiger partial charge in [0.15, 0.2) is 0 Å². The first-order valence-corrected chi connectivity index (χ1v) is 10.6. The van der Waals surface area contributed by atoms with Gasteiger partial charge >= 0.3 is 0 Å². The number of carbonyl (C=O) groups excluding carboxylic acids is 2. The first-order valence-electron chi connectivity index (χ1n) is 10.6. The third-order valence-electron chi connectivity index (χ3n) is 5.53. The van der Waals surface area contributed by atoms with Gasteiger partial charge in [0.1, 0.15) is 17.5 Å². The highest BCUT2D eigenvalue weighted by molar-refractivity contribution is 5.96. The topological polar surface area (TPSA) is 64.7 Å². The van der Waals surface area contributed by atoms with E-state index in [1.165, 1.54) is 12.1 Å². The molecule has 1 saturated heterocycles. The number of halogens is 3. The van der Waals surface area contributed by atoms with Crippen LogP contribution in [0.3, 0.4) is 0 Å². The van der Waals surface area contributed by atoms with Gasteiger partial charge in [-0.15, -0.1) is 0 Å². The maximum Gasteiger partial charge on any atom is 0.251 e. The molecule has 1 aliphatic heterocycles. The van der Waals surface area contributed by atoms with Crippen LogP contribution >= 0.6 is 0 Å². The molecule has 2 aromatic rings. The molecule has 0 saturated carbocycles. The molecule has 0 bridgehead atoms. The van der Waals surface area contributed by atoms with E-state index < -0.39 is 35.3 Å². The van der Waals surface area contributed by atoms with Gasteiger partial charge in [0, 0.05) is 49.1 Å². The molecule has 1 heterocycles. The van der Waals surface area contributed by atoms with Crippen LogP contribution in [0.2, 0.25) is 0 Å². The maximum atomic E-state index is 14.0. The quantitative estimate of drug-likeness (QED) is 0.684. The predicted octanol–water partition coefficient (Wildman–Crippen LogP) is 2.85. The monoisotopic (exact) mass is 448 g/mol. The number of anilines is 1. The zero-order valence-corrected chi connectivity index (χ0v) is 18.1. The highest BCUT2D eigenvalue weighted by atomic mass is 19.1. The van der Waals surface area contributed by atoms with Crippen molar-refractivity contribution >= 4 is 17.5 Å². The van der Waals surface area contributed by atoms with Crippen molar-refractivity contribution in [2.45, 2.75) is 19.9 Å². The van der Waals surface area contributed by atoms with Gasteiger partial charge < -0.3 is 20.4 Å². The highest BCUT2D eigenvalue weighted by Crippen LogP contribution is 2.28. The number of hydrogen-bond donors (Lipinski definition) is 2. The summed E-state index contributed by atoms with van der Waals surface area (Å²) in [5.41, 5.74) is 1.28. The molecule has 0 spiro atoms. The SMILES string of the molecule is CCN1CCN(c2ccc(F)cc2C(C)NC(=O)CNC(=O)c2cc(F)cc(F)c2)CC1. The van der Waals surface area contributed by atoms with E-state index in [9.17, 15) is 22.8 Å². The summed E-state index contributed by atoms with van der Waals surface area (Å²) < 4.78 is 40.5. The largest absolute Gasteiger partial charge is 0.369 e. The summed E-state index contributed by atoms with van der Waals surface area (Å²) in [6.45, 7) is 7.84. The second-order valence-corrected chi connectivity index (χ2v) is 7.75. The number of carbonyl (C=O) groups is 2. The summed E-state index contributed by atoms with van der Waals surface area (Å²) in [4.78, 5) is 28.9. The number of benzene rings is 2. The normalized spacial score (nSPS) is 15.3. The van der Waals surface area contributed by atoms with Gasteiger partial charge in [-0.05, 0) is 43.8 Å². The summed E-state index contributed by atoms with van der Waals surface area (Å²) >= 11 is 0. The first-order chi connectivity index (χ1) is 15.3. The fourth-order valence-electron chi connectivity index (χ4n) is 3.78. The maximum absolute atomic E-state index is 14.0. The van der Waals surface area contributed by atoms with Crippen LogP contribution in [0.4, 0.5) is 18.9 Å². The predicted molar refractivity (Wildman–Crippen MR) is 116 cm³/mol. The standard InChI is InChI=1S/C23H27F3N4O2/c1-3-29-6-8-30(9-7-29)21-5-4-17(24)13-20(21)15(2)28-22(31)14-27-23(32)16-10-18(25)12-19(26)11-16/h4-5,10-13,15H,3,6-9,14H2,1-2H3,(H,27,32)(H,28,31). The second-order valence-electron chi connectivity index (χ2n) is 7.75. The van der Waals surface area contributed by atoms with Crippen molar-refractivity contribution in [2.75, 3.05) is 44.2 Å². The fraction of sp³-hybridized carbons (Fsp3) is 0.391. The molecule has 1 aliphatic rings. The lowest BCUT2D eigenvalue weighted by Crippen LogP contribution is -2.46. The molecule has 6 nitrogen and oxygen atoms in total. The number of hydrogen-bond acceptors (Lipinski definition) is 4. The van der Waals surface area contributed by atoms with Crippen LogP contribution in [0.25, 0.3) is 0 Å². The molecule has 32 heavy (non-hydrogen) atoms. The van der Waals surface area contributed by atoms with Gasteiger partial charge in [-0.2, -0.15) is 0 Å². The molecule has 2 amide bonds. The molecule has 172 valence electrons. The van der Waals surface area contributed by atoms with Crippen molar-refractivity contribution in [3.63, 3.8) is 0 Å². The van der Waals surface area contributed by atoms with Crippen LogP contribution in [0.15, 0.2) is 36.4 Å². The van der Waals surface area contributed by atoms with Gasteiger partial charge in [0.25, 0.3) is 5.91 Å². The number of piperazine rings is 1. The molecule has 0 aliphatic carbocycles. The summed E-state index contributed by atoms with van der Waals surface area (Å²) in [6, 6.07) is 6.44. The molecule has 1 atom stereocenters. The van der Waals surface area contributed by atoms with Crippen LogP contribution in [0, 0.1) is 17.5 Å². The zero-order valence-electron chi connectivity index (χ0n) is 18.1. The highest BCUT2D eigenvalue weighted by Gasteiger charge is 2.22. The van der Waals surface area contributed by atoms with Gasteiger partial charge in [-0.3, -0.25) is 9.59 Å². The summed E-state index contributed by atoms with van der Waals surface area (Å²) in [5.74, 6) is -3.45. The Bertz CT molecular complexity index is 957. The van der Waals surface area contributed by atoms with Crippen molar-refractivity contribution in [2.24, 2.45) is 0 Å². The van der Waals surface area contributed by atoms with Gasteiger partial charge in [-0.1, -0.05) is 6.92 Å². The van der Waals surface area contributed by atoms with Crippen molar-refractivity contribution < 1.29 is 22.8 Å². The van der Waals surface area contributed by atoms with E-state index in [1.807, 2.05) is 0 Å². The first kappa shape index (κ1) is 23.6. The number of rotatable bonds is 7. The number of amides is 2. The van der Waals surface area contributed by atoms with Crippen LogP contribution in [-0.2, 0) is 4.79 Å². The third kappa shape index (κ3) is 6.00. The molecule has 2 aromatic carbocycles. The Labute approximate surface area is 185 Å². The van der Waals surface area contributed by atoms with E-state index in [4.69, 9.17) is 0 Å². The summed E-state index contributed by atoms with van der Waals surface area (Å²) in [7, 11) is 0. The van der Waals surface area contributed by atoms with Crippen LogP contribution in [0.5, 0.6) is 0 Å². The van der Waals surface area contributed by atoms with E-state index in [0.29, 0.717) is 11.6 Å². The van der Waals surface area contributed by atoms with Gasteiger partial charge in [0.2, 0.25) is 5.91 Å².